The van der Waals surface area contributed by atoms with E-state index in [1.54, 1.807) is 48.5 Å². The summed E-state index contributed by atoms with van der Waals surface area (Å²) in [5.41, 5.74) is 0.962. The van der Waals surface area contributed by atoms with Crippen LogP contribution in [0.15, 0.2) is 72.8 Å². The maximum atomic E-state index is 13.6. The van der Waals surface area contributed by atoms with Gasteiger partial charge in [-0.3, -0.25) is 14.7 Å². The molecule has 7 heteroatoms. The Morgan fingerprint density at radius 2 is 1.59 bits per heavy atom. The molecule has 32 heavy (non-hydrogen) atoms. The molecule has 0 aromatic heterocycles. The SMILES string of the molecule is CCOc1ccc(C(=O)CS[C@H]2C(=O)N[C@]2(c2ccc([O])cc2)c2ccc(F)cc2)cc1. The number of rotatable bonds is 8. The van der Waals surface area contributed by atoms with Crippen LogP contribution >= 0.6 is 11.8 Å². The van der Waals surface area contributed by atoms with E-state index in [0.29, 0.717) is 29.0 Å². The first-order chi connectivity index (χ1) is 15.4. The summed E-state index contributed by atoms with van der Waals surface area (Å²) in [5, 5.41) is 14.0. The third-order valence-electron chi connectivity index (χ3n) is 5.43. The van der Waals surface area contributed by atoms with Crippen molar-refractivity contribution in [2.45, 2.75) is 17.7 Å². The molecular formula is C25H21FNO4S. The van der Waals surface area contributed by atoms with E-state index in [9.17, 15) is 19.1 Å². The molecule has 1 N–H and O–H groups in total. The van der Waals surface area contributed by atoms with E-state index >= 15 is 0 Å². The van der Waals surface area contributed by atoms with Gasteiger partial charge in [0.25, 0.3) is 0 Å². The van der Waals surface area contributed by atoms with Crippen LogP contribution in [0.25, 0.3) is 0 Å². The maximum Gasteiger partial charge on any atom is 0.237 e. The largest absolute Gasteiger partial charge is 0.494 e. The molecule has 1 aliphatic heterocycles. The molecule has 1 aliphatic rings. The summed E-state index contributed by atoms with van der Waals surface area (Å²) in [6, 6.07) is 18.9. The lowest BCUT2D eigenvalue weighted by Gasteiger charge is -2.49. The Labute approximate surface area is 189 Å². The number of nitrogens with one attached hydrogen (secondary N) is 1. The van der Waals surface area contributed by atoms with Crippen molar-refractivity contribution in [2.75, 3.05) is 12.4 Å². The standard InChI is InChI=1S/C25H21FNO4S/c1-2-31-21-13-3-16(4-14-21)22(29)15-32-23-24(30)27-25(23,17-5-9-19(26)10-6-17)18-7-11-20(28)12-8-18/h3-14,23H,2,15H2,1H3,(H,27,30)/t23-,25-/m0/s1. The first kappa shape index (κ1) is 21.9. The second kappa shape index (κ2) is 9.04. The van der Waals surface area contributed by atoms with Crippen LogP contribution in [0, 0.1) is 5.82 Å². The average molecular weight is 451 g/mol. The maximum absolute atomic E-state index is 13.6. The number of ketones is 1. The molecule has 3 aromatic carbocycles. The summed E-state index contributed by atoms with van der Waals surface area (Å²) in [6.07, 6.45) is 0. The third-order valence-corrected chi connectivity index (χ3v) is 6.76. The molecule has 163 valence electrons. The number of benzene rings is 3. The van der Waals surface area contributed by atoms with Crippen molar-refractivity contribution < 1.29 is 23.8 Å². The zero-order valence-electron chi connectivity index (χ0n) is 17.3. The fourth-order valence-corrected chi connectivity index (χ4v) is 5.11. The molecule has 0 saturated carbocycles. The molecular weight excluding hydrogens is 429 g/mol. The highest BCUT2D eigenvalue weighted by Gasteiger charge is 2.56. The molecule has 1 heterocycles. The lowest BCUT2D eigenvalue weighted by Crippen LogP contribution is -2.69. The van der Waals surface area contributed by atoms with Gasteiger partial charge in [0.05, 0.1) is 12.4 Å². The van der Waals surface area contributed by atoms with Crippen molar-refractivity contribution in [2.24, 2.45) is 0 Å². The Bertz CT molecular complexity index is 1070. The van der Waals surface area contributed by atoms with Crippen LogP contribution in [-0.4, -0.2) is 29.3 Å². The minimum atomic E-state index is -0.956. The predicted octanol–water partition coefficient (Wildman–Crippen LogP) is 4.73. The second-order valence-electron chi connectivity index (χ2n) is 7.40. The number of carbonyl (C=O) groups excluding carboxylic acids is 2. The van der Waals surface area contributed by atoms with Gasteiger partial charge in [0.15, 0.2) is 11.5 Å². The van der Waals surface area contributed by atoms with Crippen molar-refractivity contribution in [1.29, 1.82) is 0 Å². The number of β-lactam (4-membered cyclic amide) rings is 1. The number of ether oxygens (including phenoxy) is 1. The number of Topliss-reactive ketones (excluding diaryl/α,β-unsaturated/α-hetero) is 1. The van der Waals surface area contributed by atoms with E-state index in [2.05, 4.69) is 5.32 Å². The van der Waals surface area contributed by atoms with E-state index in [1.807, 2.05) is 6.92 Å². The van der Waals surface area contributed by atoms with E-state index in [1.165, 1.54) is 36.0 Å². The average Bonchev–Trinajstić information content (AvgIpc) is 2.79. The number of hydrogen-bond acceptors (Lipinski definition) is 4. The second-order valence-corrected chi connectivity index (χ2v) is 8.49. The molecule has 0 unspecified atom stereocenters. The van der Waals surface area contributed by atoms with Crippen molar-refractivity contribution in [3.63, 3.8) is 0 Å². The number of hydrogen-bond donors (Lipinski definition) is 1. The van der Waals surface area contributed by atoms with E-state index in [4.69, 9.17) is 4.74 Å². The summed E-state index contributed by atoms with van der Waals surface area (Å²) in [7, 11) is 0. The van der Waals surface area contributed by atoms with Crippen LogP contribution in [0.1, 0.15) is 28.4 Å². The number of halogens is 1. The van der Waals surface area contributed by atoms with Gasteiger partial charge in [-0.1, -0.05) is 24.3 Å². The zero-order chi connectivity index (χ0) is 22.7. The highest BCUT2D eigenvalue weighted by Crippen LogP contribution is 2.45. The first-order valence-electron chi connectivity index (χ1n) is 10.2. The normalized spacial score (nSPS) is 19.7. The molecule has 0 bridgehead atoms. The molecule has 0 spiro atoms. The molecule has 3 aromatic rings. The lowest BCUT2D eigenvalue weighted by molar-refractivity contribution is -0.130. The van der Waals surface area contributed by atoms with Crippen LogP contribution in [0.5, 0.6) is 11.5 Å². The van der Waals surface area contributed by atoms with Gasteiger partial charge < -0.3 is 10.1 Å². The molecule has 1 saturated heterocycles. The van der Waals surface area contributed by atoms with Gasteiger partial charge in [-0.15, -0.1) is 11.8 Å². The Morgan fingerprint density at radius 1 is 1.00 bits per heavy atom. The highest BCUT2D eigenvalue weighted by molar-refractivity contribution is 8.01. The summed E-state index contributed by atoms with van der Waals surface area (Å²) in [4.78, 5) is 25.4. The number of thioether (sulfide) groups is 1. The first-order valence-corrected chi connectivity index (χ1v) is 11.2. The molecule has 1 fully saturated rings. The van der Waals surface area contributed by atoms with Gasteiger partial charge in [0.2, 0.25) is 5.91 Å². The number of carbonyl (C=O) groups is 2. The van der Waals surface area contributed by atoms with Gasteiger partial charge in [0, 0.05) is 5.56 Å². The minimum absolute atomic E-state index is 0.0919. The number of amides is 1. The van der Waals surface area contributed by atoms with Crippen LogP contribution in [0.4, 0.5) is 4.39 Å². The van der Waals surface area contributed by atoms with Crippen molar-refractivity contribution >= 4 is 23.5 Å². The zero-order valence-corrected chi connectivity index (χ0v) is 18.2. The van der Waals surface area contributed by atoms with Gasteiger partial charge in [-0.25, -0.2) is 4.39 Å². The highest BCUT2D eigenvalue weighted by atomic mass is 32.2. The summed E-state index contributed by atoms with van der Waals surface area (Å²) >= 11 is 1.23. The van der Waals surface area contributed by atoms with Gasteiger partial charge >= 0.3 is 0 Å². The van der Waals surface area contributed by atoms with Crippen molar-refractivity contribution in [3.8, 4) is 11.5 Å². The minimum Gasteiger partial charge on any atom is -0.494 e. The van der Waals surface area contributed by atoms with Gasteiger partial charge in [0.1, 0.15) is 22.4 Å². The third kappa shape index (κ3) is 4.08. The van der Waals surface area contributed by atoms with Crippen LogP contribution in [-0.2, 0) is 15.4 Å². The fourth-order valence-electron chi connectivity index (χ4n) is 3.84. The van der Waals surface area contributed by atoms with E-state index in [0.717, 1.165) is 0 Å². The summed E-state index contributed by atoms with van der Waals surface area (Å²) < 4.78 is 19.0. The van der Waals surface area contributed by atoms with E-state index < -0.39 is 10.8 Å². The lowest BCUT2D eigenvalue weighted by atomic mass is 9.74. The Balaban J connectivity index is 1.59. The molecule has 4 rings (SSSR count). The van der Waals surface area contributed by atoms with Gasteiger partial charge in [-0.05, 0) is 66.6 Å². The van der Waals surface area contributed by atoms with Crippen LogP contribution in [0.3, 0.4) is 0 Å². The van der Waals surface area contributed by atoms with E-state index in [-0.39, 0.29) is 29.0 Å². The van der Waals surface area contributed by atoms with Crippen LogP contribution in [0.2, 0.25) is 0 Å². The topological polar surface area (TPSA) is 75.3 Å². The van der Waals surface area contributed by atoms with Crippen LogP contribution < -0.4 is 10.1 Å². The smallest absolute Gasteiger partial charge is 0.237 e. The molecule has 1 radical (unpaired) electrons. The van der Waals surface area contributed by atoms with Gasteiger partial charge in [-0.2, -0.15) is 0 Å². The molecule has 2 atom stereocenters. The Hall–Kier alpha value is -3.32. The summed E-state index contributed by atoms with van der Waals surface area (Å²) in [5.74, 6) is -0.0879. The molecule has 0 aliphatic carbocycles. The molecule has 1 amide bonds. The quantitative estimate of drug-likeness (QED) is 0.398. The van der Waals surface area contributed by atoms with Crippen molar-refractivity contribution in [1.82, 2.24) is 5.32 Å². The predicted molar refractivity (Wildman–Crippen MR) is 120 cm³/mol. The Morgan fingerprint density at radius 3 is 2.16 bits per heavy atom. The fraction of sp³-hybridized carbons (Fsp3) is 0.200. The summed E-state index contributed by atoms with van der Waals surface area (Å²) in [6.45, 7) is 2.43. The monoisotopic (exact) mass is 450 g/mol. The Kier molecular flexibility index (Phi) is 6.19. The van der Waals surface area contributed by atoms with Crippen molar-refractivity contribution in [3.05, 3.63) is 95.3 Å². The molecule has 5 nitrogen and oxygen atoms in total.